The van der Waals surface area contributed by atoms with Gasteiger partial charge in [0.05, 0.1) is 7.11 Å². The molecule has 2 unspecified atom stereocenters. The second kappa shape index (κ2) is 3.91. The highest BCUT2D eigenvalue weighted by Crippen LogP contribution is 2.34. The highest BCUT2D eigenvalue weighted by atomic mass is 16.5. The van der Waals surface area contributed by atoms with E-state index in [1.807, 2.05) is 12.3 Å². The number of aromatic nitrogens is 1. The van der Waals surface area contributed by atoms with Gasteiger partial charge in [-0.1, -0.05) is 6.08 Å². The standard InChI is InChI=1S/C13H16N2O/c1-16-13-3-2-10(8-15-13)11-4-9-5-12(6-11)14-7-9/h2-3,6,8-9,12,14H,4-5,7H2,1H3. The fourth-order valence-electron chi connectivity index (χ4n) is 2.65. The molecule has 0 spiro atoms. The number of methoxy groups -OCH3 is 1. The average molecular weight is 216 g/mol. The van der Waals surface area contributed by atoms with Crippen LogP contribution in [0.15, 0.2) is 24.4 Å². The number of hydrogen-bond acceptors (Lipinski definition) is 3. The first-order valence-corrected chi connectivity index (χ1v) is 5.79. The summed E-state index contributed by atoms with van der Waals surface area (Å²) in [7, 11) is 1.64. The number of pyridine rings is 1. The predicted octanol–water partition coefficient (Wildman–Crippen LogP) is 1.86. The highest BCUT2D eigenvalue weighted by molar-refractivity contribution is 5.67. The molecule has 2 heterocycles. The van der Waals surface area contributed by atoms with Crippen LogP contribution in [0.5, 0.6) is 5.88 Å². The van der Waals surface area contributed by atoms with Crippen LogP contribution in [0, 0.1) is 5.92 Å². The lowest BCUT2D eigenvalue weighted by Gasteiger charge is -2.18. The Morgan fingerprint density at radius 3 is 3.06 bits per heavy atom. The van der Waals surface area contributed by atoms with Crippen molar-refractivity contribution in [1.29, 1.82) is 0 Å². The maximum atomic E-state index is 5.07. The molecule has 1 saturated heterocycles. The minimum Gasteiger partial charge on any atom is -0.481 e. The first-order chi connectivity index (χ1) is 7.85. The van der Waals surface area contributed by atoms with Crippen LogP contribution in [-0.2, 0) is 0 Å². The van der Waals surface area contributed by atoms with Gasteiger partial charge in [0, 0.05) is 18.3 Å². The second-order valence-corrected chi connectivity index (χ2v) is 4.60. The lowest BCUT2D eigenvalue weighted by atomic mass is 9.87. The molecule has 3 rings (SSSR count). The molecule has 2 atom stereocenters. The third-order valence-corrected chi connectivity index (χ3v) is 3.48. The molecule has 3 heteroatoms. The Morgan fingerprint density at radius 1 is 1.44 bits per heavy atom. The van der Waals surface area contributed by atoms with E-state index in [4.69, 9.17) is 4.74 Å². The second-order valence-electron chi connectivity index (χ2n) is 4.60. The monoisotopic (exact) mass is 216 g/mol. The van der Waals surface area contributed by atoms with Crippen LogP contribution in [0.2, 0.25) is 0 Å². The number of nitrogens with zero attached hydrogens (tertiary/aromatic N) is 1. The largest absolute Gasteiger partial charge is 0.481 e. The van der Waals surface area contributed by atoms with Gasteiger partial charge in [0.25, 0.3) is 0 Å². The third kappa shape index (κ3) is 1.71. The summed E-state index contributed by atoms with van der Waals surface area (Å²) >= 11 is 0. The van der Waals surface area contributed by atoms with E-state index < -0.39 is 0 Å². The van der Waals surface area contributed by atoms with E-state index in [0.717, 1.165) is 12.5 Å². The van der Waals surface area contributed by atoms with Gasteiger partial charge in [-0.05, 0) is 42.5 Å². The van der Waals surface area contributed by atoms with Gasteiger partial charge in [-0.2, -0.15) is 0 Å². The number of rotatable bonds is 2. The minimum atomic E-state index is 0.579. The molecule has 1 fully saturated rings. The van der Waals surface area contributed by atoms with Crippen LogP contribution in [0.3, 0.4) is 0 Å². The molecule has 1 N–H and O–H groups in total. The van der Waals surface area contributed by atoms with Gasteiger partial charge in [-0.3, -0.25) is 0 Å². The van der Waals surface area contributed by atoms with Gasteiger partial charge in [0.1, 0.15) is 0 Å². The molecule has 16 heavy (non-hydrogen) atoms. The van der Waals surface area contributed by atoms with Gasteiger partial charge < -0.3 is 10.1 Å². The number of nitrogens with one attached hydrogen (secondary N) is 1. The van der Waals surface area contributed by atoms with Crippen LogP contribution in [0.25, 0.3) is 5.57 Å². The van der Waals surface area contributed by atoms with Crippen molar-refractivity contribution in [2.75, 3.05) is 13.7 Å². The van der Waals surface area contributed by atoms with Crippen molar-refractivity contribution < 1.29 is 4.74 Å². The average Bonchev–Trinajstić information content (AvgIpc) is 2.68. The normalized spacial score (nSPS) is 27.7. The van der Waals surface area contributed by atoms with Crippen molar-refractivity contribution in [3.8, 4) is 5.88 Å². The Bertz CT molecular complexity index is 410. The first-order valence-electron chi connectivity index (χ1n) is 5.79. The van der Waals surface area contributed by atoms with Crippen LogP contribution >= 0.6 is 0 Å². The third-order valence-electron chi connectivity index (χ3n) is 3.48. The van der Waals surface area contributed by atoms with Crippen LogP contribution in [-0.4, -0.2) is 24.7 Å². The molecule has 2 bridgehead atoms. The number of hydrogen-bond donors (Lipinski definition) is 1. The van der Waals surface area contributed by atoms with Crippen molar-refractivity contribution in [1.82, 2.24) is 10.3 Å². The van der Waals surface area contributed by atoms with Gasteiger partial charge >= 0.3 is 0 Å². The lowest BCUT2D eigenvalue weighted by Crippen LogP contribution is -2.18. The molecule has 0 radical (unpaired) electrons. The molecule has 3 nitrogen and oxygen atoms in total. The van der Waals surface area contributed by atoms with E-state index >= 15 is 0 Å². The lowest BCUT2D eigenvalue weighted by molar-refractivity contribution is 0.398. The molecule has 1 aromatic rings. The van der Waals surface area contributed by atoms with E-state index in [1.54, 1.807) is 7.11 Å². The number of allylic oxidation sites excluding steroid dienone is 1. The van der Waals surface area contributed by atoms with E-state index in [2.05, 4.69) is 22.4 Å². The van der Waals surface area contributed by atoms with Crippen molar-refractivity contribution in [3.05, 3.63) is 30.0 Å². The molecule has 2 aliphatic rings. The Balaban J connectivity index is 1.86. The zero-order valence-corrected chi connectivity index (χ0v) is 9.44. The summed E-state index contributed by atoms with van der Waals surface area (Å²) in [5.74, 6) is 1.49. The Kier molecular flexibility index (Phi) is 2.40. The van der Waals surface area contributed by atoms with Crippen molar-refractivity contribution in [2.45, 2.75) is 18.9 Å². The smallest absolute Gasteiger partial charge is 0.212 e. The van der Waals surface area contributed by atoms with Crippen molar-refractivity contribution in [2.24, 2.45) is 5.92 Å². The maximum Gasteiger partial charge on any atom is 0.212 e. The minimum absolute atomic E-state index is 0.579. The van der Waals surface area contributed by atoms with Crippen LogP contribution in [0.1, 0.15) is 18.4 Å². The quantitative estimate of drug-likeness (QED) is 0.819. The molecule has 0 amide bonds. The van der Waals surface area contributed by atoms with Gasteiger partial charge in [0.2, 0.25) is 5.88 Å². The summed E-state index contributed by atoms with van der Waals surface area (Å²) in [4.78, 5) is 4.26. The first kappa shape index (κ1) is 9.85. The van der Waals surface area contributed by atoms with E-state index in [9.17, 15) is 0 Å². The summed E-state index contributed by atoms with van der Waals surface area (Å²) in [5.41, 5.74) is 2.67. The zero-order valence-electron chi connectivity index (χ0n) is 9.44. The van der Waals surface area contributed by atoms with Gasteiger partial charge in [-0.25, -0.2) is 4.98 Å². The van der Waals surface area contributed by atoms with Gasteiger partial charge in [-0.15, -0.1) is 0 Å². The SMILES string of the molecule is COc1ccc(C2=CC3CC(CN3)C2)cn1. The number of ether oxygens (including phenoxy) is 1. The summed E-state index contributed by atoms with van der Waals surface area (Å²) in [6, 6.07) is 4.61. The Labute approximate surface area is 95.5 Å². The van der Waals surface area contributed by atoms with Crippen LogP contribution < -0.4 is 10.1 Å². The molecule has 1 aliphatic heterocycles. The van der Waals surface area contributed by atoms with E-state index in [0.29, 0.717) is 11.9 Å². The molecule has 0 aromatic carbocycles. The fourth-order valence-corrected chi connectivity index (χ4v) is 2.65. The van der Waals surface area contributed by atoms with Crippen molar-refractivity contribution >= 4 is 5.57 Å². The maximum absolute atomic E-state index is 5.07. The summed E-state index contributed by atoms with van der Waals surface area (Å²) in [6.07, 6.45) is 6.74. The Hall–Kier alpha value is -1.35. The molecular weight excluding hydrogens is 200 g/mol. The Morgan fingerprint density at radius 2 is 2.38 bits per heavy atom. The predicted molar refractivity (Wildman–Crippen MR) is 63.3 cm³/mol. The fraction of sp³-hybridized carbons (Fsp3) is 0.462. The summed E-state index contributed by atoms with van der Waals surface area (Å²) < 4.78 is 5.07. The zero-order chi connectivity index (χ0) is 11.0. The molecule has 1 aromatic heterocycles. The van der Waals surface area contributed by atoms with E-state index in [-0.39, 0.29) is 0 Å². The summed E-state index contributed by atoms with van der Waals surface area (Å²) in [5, 5.41) is 3.52. The molecule has 1 aliphatic carbocycles. The molecular formula is C13H16N2O. The molecule has 84 valence electrons. The topological polar surface area (TPSA) is 34.1 Å². The van der Waals surface area contributed by atoms with Crippen molar-refractivity contribution in [3.63, 3.8) is 0 Å². The van der Waals surface area contributed by atoms with Gasteiger partial charge in [0.15, 0.2) is 0 Å². The summed E-state index contributed by atoms with van der Waals surface area (Å²) in [6.45, 7) is 1.16. The highest BCUT2D eigenvalue weighted by Gasteiger charge is 2.28. The van der Waals surface area contributed by atoms with E-state index in [1.165, 1.54) is 24.0 Å². The number of fused-ring (bicyclic) bond motifs is 2. The van der Waals surface area contributed by atoms with Crippen LogP contribution in [0.4, 0.5) is 0 Å². The molecule has 0 saturated carbocycles.